The van der Waals surface area contributed by atoms with Gasteiger partial charge in [0.25, 0.3) is 0 Å². The zero-order chi connectivity index (χ0) is 14.7. The lowest BCUT2D eigenvalue weighted by Crippen LogP contribution is -2.20. The number of nitrogens with zero attached hydrogens (tertiary/aromatic N) is 4. The number of halogens is 1. The van der Waals surface area contributed by atoms with E-state index in [1.54, 1.807) is 11.9 Å². The van der Waals surface area contributed by atoms with Gasteiger partial charge in [-0.2, -0.15) is 0 Å². The van der Waals surface area contributed by atoms with Crippen LogP contribution in [0.25, 0.3) is 0 Å². The van der Waals surface area contributed by atoms with Crippen LogP contribution in [0.4, 0.5) is 17.3 Å². The molecule has 2 N–H and O–H groups in total. The summed E-state index contributed by atoms with van der Waals surface area (Å²) < 4.78 is 0.973. The zero-order valence-electron chi connectivity index (χ0n) is 10.7. The Balaban J connectivity index is 2.29. The molecule has 1 aromatic heterocycles. The maximum Gasteiger partial charge on any atom is 0.353 e. The molecule has 0 unspecified atom stereocenters. The van der Waals surface area contributed by atoms with Crippen molar-refractivity contribution in [3.63, 3.8) is 0 Å². The zero-order valence-corrected chi connectivity index (χ0v) is 12.2. The molecule has 1 heterocycles. The number of nitrogens with two attached hydrogens (primary N) is 1. The van der Waals surface area contributed by atoms with Gasteiger partial charge in [-0.25, -0.2) is 9.97 Å². The quantitative estimate of drug-likeness (QED) is 0.679. The number of rotatable bonds is 4. The molecular weight excluding hydrogens is 326 g/mol. The Morgan fingerprint density at radius 3 is 2.60 bits per heavy atom. The average molecular weight is 338 g/mol. The van der Waals surface area contributed by atoms with Crippen LogP contribution in [0.3, 0.4) is 0 Å². The van der Waals surface area contributed by atoms with Gasteiger partial charge in [-0.05, 0) is 17.7 Å². The fourth-order valence-electron chi connectivity index (χ4n) is 1.78. The number of nitro groups is 1. The van der Waals surface area contributed by atoms with Crippen molar-refractivity contribution >= 4 is 33.3 Å². The van der Waals surface area contributed by atoms with E-state index in [-0.39, 0.29) is 17.3 Å². The van der Waals surface area contributed by atoms with Crippen molar-refractivity contribution in [1.82, 2.24) is 9.97 Å². The number of nitrogen functional groups attached to an aromatic ring is 1. The van der Waals surface area contributed by atoms with Crippen molar-refractivity contribution in [2.75, 3.05) is 17.7 Å². The first-order chi connectivity index (χ1) is 9.49. The van der Waals surface area contributed by atoms with E-state index in [0.717, 1.165) is 10.0 Å². The second-order valence-electron chi connectivity index (χ2n) is 4.17. The molecule has 8 heteroatoms. The fraction of sp³-hybridized carbons (Fsp3) is 0.167. The molecule has 0 saturated carbocycles. The summed E-state index contributed by atoms with van der Waals surface area (Å²) in [6, 6.07) is 7.67. The molecule has 0 aliphatic heterocycles. The summed E-state index contributed by atoms with van der Waals surface area (Å²) in [5.41, 5.74) is 6.28. The Morgan fingerprint density at radius 1 is 1.35 bits per heavy atom. The molecule has 0 spiro atoms. The van der Waals surface area contributed by atoms with Gasteiger partial charge in [0.05, 0.1) is 4.92 Å². The summed E-state index contributed by atoms with van der Waals surface area (Å²) in [6.45, 7) is 0.477. The maximum atomic E-state index is 11.1. The summed E-state index contributed by atoms with van der Waals surface area (Å²) in [4.78, 5) is 19.8. The topological polar surface area (TPSA) is 98.2 Å². The lowest BCUT2D eigenvalue weighted by atomic mass is 10.2. The fourth-order valence-corrected chi connectivity index (χ4v) is 2.04. The molecule has 0 atom stereocenters. The molecule has 2 rings (SSSR count). The van der Waals surface area contributed by atoms with Crippen molar-refractivity contribution in [2.45, 2.75) is 6.54 Å². The number of anilines is 2. The maximum absolute atomic E-state index is 11.1. The van der Waals surface area contributed by atoms with E-state index in [4.69, 9.17) is 5.73 Å². The Bertz CT molecular complexity index is 632. The molecule has 0 amide bonds. The van der Waals surface area contributed by atoms with Crippen LogP contribution in [0, 0.1) is 10.1 Å². The van der Waals surface area contributed by atoms with Crippen LogP contribution >= 0.6 is 15.9 Å². The third kappa shape index (κ3) is 3.02. The highest BCUT2D eigenvalue weighted by molar-refractivity contribution is 9.10. The third-order valence-corrected chi connectivity index (χ3v) is 3.24. The number of aromatic nitrogens is 2. The Labute approximate surface area is 123 Å². The smallest absolute Gasteiger partial charge is 0.353 e. The second kappa shape index (κ2) is 5.83. The lowest BCUT2D eigenvalue weighted by molar-refractivity contribution is -0.383. The molecule has 104 valence electrons. The van der Waals surface area contributed by atoms with Gasteiger partial charge < -0.3 is 10.6 Å². The first kappa shape index (κ1) is 14.2. The summed E-state index contributed by atoms with van der Waals surface area (Å²) in [7, 11) is 1.72. The molecule has 0 bridgehead atoms. The van der Waals surface area contributed by atoms with Gasteiger partial charge in [-0.3, -0.25) is 10.1 Å². The number of hydrogen-bond donors (Lipinski definition) is 1. The summed E-state index contributed by atoms with van der Waals surface area (Å²) >= 11 is 3.36. The van der Waals surface area contributed by atoms with Crippen molar-refractivity contribution in [1.29, 1.82) is 0 Å². The van der Waals surface area contributed by atoms with Gasteiger partial charge in [0, 0.05) is 18.1 Å². The predicted molar refractivity (Wildman–Crippen MR) is 79.3 cm³/mol. The van der Waals surface area contributed by atoms with Gasteiger partial charge in [-0.1, -0.05) is 28.1 Å². The van der Waals surface area contributed by atoms with E-state index < -0.39 is 4.92 Å². The van der Waals surface area contributed by atoms with Crippen LogP contribution in [-0.4, -0.2) is 21.9 Å². The molecule has 20 heavy (non-hydrogen) atoms. The van der Waals surface area contributed by atoms with E-state index in [2.05, 4.69) is 25.9 Å². The van der Waals surface area contributed by atoms with Crippen molar-refractivity contribution in [3.05, 3.63) is 50.7 Å². The lowest BCUT2D eigenvalue weighted by Gasteiger charge is -2.18. The average Bonchev–Trinajstić information content (AvgIpc) is 2.40. The predicted octanol–water partition coefficient (Wildman–Crippen LogP) is 2.37. The number of benzene rings is 1. The van der Waals surface area contributed by atoms with Crippen LogP contribution in [0.2, 0.25) is 0 Å². The monoisotopic (exact) mass is 337 g/mol. The van der Waals surface area contributed by atoms with Crippen molar-refractivity contribution in [2.24, 2.45) is 0 Å². The molecule has 0 radical (unpaired) electrons. The molecule has 2 aromatic rings. The number of hydrogen-bond acceptors (Lipinski definition) is 6. The molecule has 7 nitrogen and oxygen atoms in total. The molecule has 0 saturated heterocycles. The van der Waals surface area contributed by atoms with E-state index in [9.17, 15) is 10.1 Å². The van der Waals surface area contributed by atoms with Crippen LogP contribution in [-0.2, 0) is 6.54 Å². The highest BCUT2D eigenvalue weighted by Crippen LogP contribution is 2.29. The van der Waals surface area contributed by atoms with Crippen LogP contribution < -0.4 is 10.6 Å². The van der Waals surface area contributed by atoms with Gasteiger partial charge in [0.1, 0.15) is 6.33 Å². The van der Waals surface area contributed by atoms with Gasteiger partial charge in [-0.15, -0.1) is 0 Å². The molecule has 0 aliphatic rings. The SMILES string of the molecule is CN(Cc1ccc(Br)cc1)c1ncnc(N)c1[N+](=O)[O-]. The Hall–Kier alpha value is -2.22. The second-order valence-corrected chi connectivity index (χ2v) is 5.09. The van der Waals surface area contributed by atoms with Crippen LogP contribution in [0.1, 0.15) is 5.56 Å². The molecule has 1 aromatic carbocycles. The Morgan fingerprint density at radius 2 is 2.00 bits per heavy atom. The van der Waals surface area contributed by atoms with Gasteiger partial charge >= 0.3 is 5.69 Å². The molecular formula is C12H12BrN5O2. The first-order valence-corrected chi connectivity index (χ1v) is 6.48. The van der Waals surface area contributed by atoms with Crippen molar-refractivity contribution in [3.8, 4) is 0 Å². The summed E-state index contributed by atoms with van der Waals surface area (Å²) in [5.74, 6) is 0.0630. The Kier molecular flexibility index (Phi) is 4.14. The molecule has 0 fully saturated rings. The minimum absolute atomic E-state index is 0.136. The summed E-state index contributed by atoms with van der Waals surface area (Å²) in [6.07, 6.45) is 1.22. The summed E-state index contributed by atoms with van der Waals surface area (Å²) in [5, 5.41) is 11.1. The van der Waals surface area contributed by atoms with Gasteiger partial charge in [0.15, 0.2) is 0 Å². The minimum atomic E-state index is -0.567. The highest BCUT2D eigenvalue weighted by Gasteiger charge is 2.23. The normalized spacial score (nSPS) is 10.3. The van der Waals surface area contributed by atoms with E-state index in [1.807, 2.05) is 24.3 Å². The van der Waals surface area contributed by atoms with E-state index >= 15 is 0 Å². The van der Waals surface area contributed by atoms with E-state index in [0.29, 0.717) is 6.54 Å². The standard InChI is InChI=1S/C12H12BrN5O2/c1-17(6-8-2-4-9(13)5-3-8)12-10(18(19)20)11(14)15-7-16-12/h2-5,7H,6H2,1H3,(H2,14,15,16). The highest BCUT2D eigenvalue weighted by atomic mass is 79.9. The van der Waals surface area contributed by atoms with Crippen LogP contribution in [0.5, 0.6) is 0 Å². The van der Waals surface area contributed by atoms with Crippen molar-refractivity contribution < 1.29 is 4.92 Å². The minimum Gasteiger partial charge on any atom is -0.378 e. The first-order valence-electron chi connectivity index (χ1n) is 5.69. The largest absolute Gasteiger partial charge is 0.378 e. The van der Waals surface area contributed by atoms with Crippen LogP contribution in [0.15, 0.2) is 35.1 Å². The van der Waals surface area contributed by atoms with E-state index in [1.165, 1.54) is 6.33 Å². The van der Waals surface area contributed by atoms with Gasteiger partial charge in [0.2, 0.25) is 11.6 Å². The molecule has 0 aliphatic carbocycles. The third-order valence-electron chi connectivity index (χ3n) is 2.71.